The summed E-state index contributed by atoms with van der Waals surface area (Å²) in [6, 6.07) is -0.237. The number of carboxylic acids is 1. The van der Waals surface area contributed by atoms with Crippen molar-refractivity contribution in [2.45, 2.75) is 64.8 Å². The molecule has 0 aromatic carbocycles. The molecule has 5 heteroatoms. The quantitative estimate of drug-likeness (QED) is 0.737. The van der Waals surface area contributed by atoms with Crippen LogP contribution in [0.5, 0.6) is 0 Å². The van der Waals surface area contributed by atoms with E-state index in [0.29, 0.717) is 25.4 Å². The standard InChI is InChI=1S/C15H28N2O3/c1-12(2)8-4-6-10-16-14(20)17-11-7-5-9-15(17,3)13(18)19/h12H,4-11H2,1-3H3,(H,16,20)(H,18,19). The Kier molecular flexibility index (Phi) is 6.30. The molecule has 0 aromatic rings. The van der Waals surface area contributed by atoms with E-state index in [1.54, 1.807) is 6.92 Å². The first kappa shape index (κ1) is 16.8. The largest absolute Gasteiger partial charge is 0.480 e. The predicted octanol–water partition coefficient (Wildman–Crippen LogP) is 2.85. The third-order valence-electron chi connectivity index (χ3n) is 4.08. The van der Waals surface area contributed by atoms with E-state index in [2.05, 4.69) is 19.2 Å². The maximum Gasteiger partial charge on any atom is 0.329 e. The summed E-state index contributed by atoms with van der Waals surface area (Å²) in [5.74, 6) is -0.227. The molecule has 0 spiro atoms. The monoisotopic (exact) mass is 284 g/mol. The molecule has 0 aliphatic carbocycles. The normalized spacial score (nSPS) is 22.9. The molecule has 1 aliphatic heterocycles. The highest BCUT2D eigenvalue weighted by Gasteiger charge is 2.43. The first-order valence-electron chi connectivity index (χ1n) is 7.67. The molecule has 1 heterocycles. The lowest BCUT2D eigenvalue weighted by Crippen LogP contribution is -2.60. The molecule has 1 fully saturated rings. The van der Waals surface area contributed by atoms with E-state index in [9.17, 15) is 14.7 Å². The van der Waals surface area contributed by atoms with Crippen LogP contribution in [0.25, 0.3) is 0 Å². The number of aliphatic carboxylic acids is 1. The van der Waals surface area contributed by atoms with Crippen molar-refractivity contribution >= 4 is 12.0 Å². The Labute approximate surface area is 121 Å². The summed E-state index contributed by atoms with van der Waals surface area (Å²) in [4.78, 5) is 25.1. The molecule has 0 radical (unpaired) electrons. The number of carboxylic acid groups (broad SMARTS) is 1. The van der Waals surface area contributed by atoms with Gasteiger partial charge in [-0.15, -0.1) is 0 Å². The number of nitrogens with one attached hydrogen (secondary N) is 1. The van der Waals surface area contributed by atoms with Crippen LogP contribution >= 0.6 is 0 Å². The van der Waals surface area contributed by atoms with E-state index < -0.39 is 11.5 Å². The average Bonchev–Trinajstić information content (AvgIpc) is 2.38. The minimum absolute atomic E-state index is 0.237. The van der Waals surface area contributed by atoms with Gasteiger partial charge < -0.3 is 15.3 Å². The van der Waals surface area contributed by atoms with Crippen LogP contribution in [0, 0.1) is 5.92 Å². The Morgan fingerprint density at radius 2 is 2.00 bits per heavy atom. The van der Waals surface area contributed by atoms with Crippen molar-refractivity contribution in [2.24, 2.45) is 5.92 Å². The highest BCUT2D eigenvalue weighted by Crippen LogP contribution is 2.28. The van der Waals surface area contributed by atoms with Gasteiger partial charge in [-0.05, 0) is 38.5 Å². The fraction of sp³-hybridized carbons (Fsp3) is 0.867. The number of unbranched alkanes of at least 4 members (excludes halogenated alkanes) is 1. The van der Waals surface area contributed by atoms with Crippen LogP contribution in [-0.4, -0.2) is 40.6 Å². The van der Waals surface area contributed by atoms with Gasteiger partial charge in [-0.25, -0.2) is 9.59 Å². The van der Waals surface area contributed by atoms with E-state index in [0.717, 1.165) is 32.1 Å². The molecule has 2 amide bonds. The smallest absolute Gasteiger partial charge is 0.329 e. The van der Waals surface area contributed by atoms with Gasteiger partial charge in [0.15, 0.2) is 0 Å². The Balaban J connectivity index is 2.42. The van der Waals surface area contributed by atoms with Crippen molar-refractivity contribution in [2.75, 3.05) is 13.1 Å². The number of carbonyl (C=O) groups is 2. The van der Waals surface area contributed by atoms with E-state index in [-0.39, 0.29) is 6.03 Å². The van der Waals surface area contributed by atoms with Gasteiger partial charge in [0, 0.05) is 13.1 Å². The number of piperidine rings is 1. The van der Waals surface area contributed by atoms with Crippen molar-refractivity contribution in [3.63, 3.8) is 0 Å². The zero-order valence-corrected chi connectivity index (χ0v) is 12.9. The summed E-state index contributed by atoms with van der Waals surface area (Å²) in [5.41, 5.74) is -1.06. The lowest BCUT2D eigenvalue weighted by molar-refractivity contribution is -0.150. The van der Waals surface area contributed by atoms with Gasteiger partial charge in [-0.1, -0.05) is 26.7 Å². The molecule has 5 nitrogen and oxygen atoms in total. The van der Waals surface area contributed by atoms with Crippen molar-refractivity contribution in [3.8, 4) is 0 Å². The van der Waals surface area contributed by atoms with Gasteiger partial charge in [0.1, 0.15) is 5.54 Å². The lowest BCUT2D eigenvalue weighted by atomic mass is 9.89. The van der Waals surface area contributed by atoms with Crippen LogP contribution in [0.1, 0.15) is 59.3 Å². The molecule has 1 atom stereocenters. The summed E-state index contributed by atoms with van der Waals surface area (Å²) in [5, 5.41) is 12.2. The lowest BCUT2D eigenvalue weighted by Gasteiger charge is -2.41. The van der Waals surface area contributed by atoms with Crippen LogP contribution in [-0.2, 0) is 4.79 Å². The Hall–Kier alpha value is -1.26. The van der Waals surface area contributed by atoms with Crippen LogP contribution in [0.2, 0.25) is 0 Å². The molecule has 1 unspecified atom stereocenters. The Morgan fingerprint density at radius 3 is 2.60 bits per heavy atom. The van der Waals surface area contributed by atoms with Gasteiger partial charge in [0.2, 0.25) is 0 Å². The van der Waals surface area contributed by atoms with Gasteiger partial charge in [-0.2, -0.15) is 0 Å². The second kappa shape index (κ2) is 7.50. The van der Waals surface area contributed by atoms with Gasteiger partial charge in [0.25, 0.3) is 0 Å². The molecule has 0 saturated carbocycles. The second-order valence-corrected chi connectivity index (χ2v) is 6.31. The van der Waals surface area contributed by atoms with Gasteiger partial charge in [-0.3, -0.25) is 0 Å². The summed E-state index contributed by atoms with van der Waals surface area (Å²) < 4.78 is 0. The minimum atomic E-state index is -1.06. The maximum atomic E-state index is 12.2. The number of rotatable bonds is 6. The van der Waals surface area contributed by atoms with E-state index >= 15 is 0 Å². The highest BCUT2D eigenvalue weighted by atomic mass is 16.4. The zero-order valence-electron chi connectivity index (χ0n) is 12.9. The molecule has 1 aliphatic rings. The predicted molar refractivity (Wildman–Crippen MR) is 78.7 cm³/mol. The highest BCUT2D eigenvalue weighted by molar-refractivity contribution is 5.86. The Bertz CT molecular complexity index is 344. The average molecular weight is 284 g/mol. The number of amides is 2. The van der Waals surface area contributed by atoms with Crippen molar-refractivity contribution < 1.29 is 14.7 Å². The first-order valence-corrected chi connectivity index (χ1v) is 7.67. The van der Waals surface area contributed by atoms with Crippen LogP contribution in [0.4, 0.5) is 4.79 Å². The summed E-state index contributed by atoms with van der Waals surface area (Å²) >= 11 is 0. The van der Waals surface area contributed by atoms with Crippen molar-refractivity contribution in [1.29, 1.82) is 0 Å². The molecule has 20 heavy (non-hydrogen) atoms. The molecule has 0 aromatic heterocycles. The number of urea groups is 1. The van der Waals surface area contributed by atoms with Crippen LogP contribution < -0.4 is 5.32 Å². The molecule has 1 rings (SSSR count). The van der Waals surface area contributed by atoms with E-state index in [1.807, 2.05) is 0 Å². The van der Waals surface area contributed by atoms with Crippen LogP contribution in [0.15, 0.2) is 0 Å². The van der Waals surface area contributed by atoms with Crippen molar-refractivity contribution in [1.82, 2.24) is 10.2 Å². The third kappa shape index (κ3) is 4.39. The minimum Gasteiger partial charge on any atom is -0.480 e. The van der Waals surface area contributed by atoms with Crippen LogP contribution in [0.3, 0.4) is 0 Å². The molecule has 0 bridgehead atoms. The maximum absolute atomic E-state index is 12.2. The molecular formula is C15H28N2O3. The van der Waals surface area contributed by atoms with E-state index in [1.165, 1.54) is 4.90 Å². The fourth-order valence-electron chi connectivity index (χ4n) is 2.64. The SMILES string of the molecule is CC(C)CCCCNC(=O)N1CCCCC1(C)C(=O)O. The number of hydrogen-bond acceptors (Lipinski definition) is 2. The summed E-state index contributed by atoms with van der Waals surface area (Å²) in [6.07, 6.45) is 5.47. The third-order valence-corrected chi connectivity index (χ3v) is 4.08. The molecule has 2 N–H and O–H groups in total. The first-order chi connectivity index (χ1) is 9.38. The molecule has 116 valence electrons. The number of carbonyl (C=O) groups excluding carboxylic acids is 1. The second-order valence-electron chi connectivity index (χ2n) is 6.31. The van der Waals surface area contributed by atoms with E-state index in [4.69, 9.17) is 0 Å². The van der Waals surface area contributed by atoms with Gasteiger partial charge >= 0.3 is 12.0 Å². The van der Waals surface area contributed by atoms with Gasteiger partial charge in [0.05, 0.1) is 0 Å². The Morgan fingerprint density at radius 1 is 1.30 bits per heavy atom. The fourth-order valence-corrected chi connectivity index (χ4v) is 2.64. The van der Waals surface area contributed by atoms with Crippen molar-refractivity contribution in [3.05, 3.63) is 0 Å². The topological polar surface area (TPSA) is 69.6 Å². The zero-order chi connectivity index (χ0) is 15.2. The number of likely N-dealkylation sites (tertiary alicyclic amines) is 1. The summed E-state index contributed by atoms with van der Waals surface area (Å²) in [7, 11) is 0. The molecular weight excluding hydrogens is 256 g/mol. The molecule has 1 saturated heterocycles. The summed E-state index contributed by atoms with van der Waals surface area (Å²) in [6.45, 7) is 7.17. The number of hydrogen-bond donors (Lipinski definition) is 2. The number of nitrogens with zero attached hydrogens (tertiary/aromatic N) is 1.